The van der Waals surface area contributed by atoms with Gasteiger partial charge in [-0.2, -0.15) is 13.2 Å². The van der Waals surface area contributed by atoms with Crippen molar-refractivity contribution in [2.45, 2.75) is 18.0 Å². The van der Waals surface area contributed by atoms with Crippen LogP contribution in [0.5, 0.6) is 5.75 Å². The van der Waals surface area contributed by atoms with Crippen molar-refractivity contribution in [3.05, 3.63) is 82.9 Å². The number of para-hydroxylation sites is 2. The molecular weight excluding hydrogens is 493 g/mol. The van der Waals surface area contributed by atoms with E-state index in [9.17, 15) is 26.4 Å². The summed E-state index contributed by atoms with van der Waals surface area (Å²) in [6, 6.07) is 14.9. The van der Waals surface area contributed by atoms with Crippen LogP contribution in [-0.2, 0) is 21.0 Å². The second-order valence-corrected chi connectivity index (χ2v) is 9.53. The Hall–Kier alpha value is -3.24. The first kappa shape index (κ1) is 25.4. The highest BCUT2D eigenvalue weighted by molar-refractivity contribution is 7.92. The van der Waals surface area contributed by atoms with Gasteiger partial charge in [-0.1, -0.05) is 41.4 Å². The summed E-state index contributed by atoms with van der Waals surface area (Å²) < 4.78 is 73.2. The number of rotatable bonds is 7. The molecule has 180 valence electrons. The van der Waals surface area contributed by atoms with Crippen molar-refractivity contribution in [3.8, 4) is 5.75 Å². The van der Waals surface area contributed by atoms with Gasteiger partial charge in [0.05, 0.1) is 28.9 Å². The number of methoxy groups -OCH3 is 1. The van der Waals surface area contributed by atoms with Gasteiger partial charge < -0.3 is 10.1 Å². The topological polar surface area (TPSA) is 75.7 Å². The summed E-state index contributed by atoms with van der Waals surface area (Å²) in [5.74, 6) is -0.831. The van der Waals surface area contributed by atoms with E-state index in [1.165, 1.54) is 37.4 Å². The number of halogens is 4. The monoisotopic (exact) mass is 512 g/mol. The lowest BCUT2D eigenvalue weighted by Gasteiger charge is -2.26. The number of alkyl halides is 3. The molecule has 0 radical (unpaired) electrons. The number of anilines is 2. The van der Waals surface area contributed by atoms with Crippen molar-refractivity contribution in [1.29, 1.82) is 0 Å². The van der Waals surface area contributed by atoms with E-state index in [1.807, 2.05) is 0 Å². The molecule has 3 aromatic carbocycles. The zero-order valence-corrected chi connectivity index (χ0v) is 19.6. The molecular formula is C23H20ClF3N2O4S. The van der Waals surface area contributed by atoms with Crippen molar-refractivity contribution < 1.29 is 31.1 Å². The number of sulfonamides is 1. The fourth-order valence-electron chi connectivity index (χ4n) is 3.15. The number of hydrogen-bond acceptors (Lipinski definition) is 4. The van der Waals surface area contributed by atoms with Crippen molar-refractivity contribution >= 4 is 38.9 Å². The van der Waals surface area contributed by atoms with Gasteiger partial charge in [0.25, 0.3) is 10.0 Å². The smallest absolute Gasteiger partial charge is 0.418 e. The summed E-state index contributed by atoms with van der Waals surface area (Å²) >= 11 is 5.68. The Labute approximate surface area is 200 Å². The van der Waals surface area contributed by atoms with Crippen molar-refractivity contribution in [2.24, 2.45) is 0 Å². The Morgan fingerprint density at radius 2 is 1.71 bits per heavy atom. The van der Waals surface area contributed by atoms with Gasteiger partial charge in [0.1, 0.15) is 12.3 Å². The molecule has 1 N–H and O–H groups in total. The molecule has 3 aromatic rings. The number of aryl methyl sites for hydroxylation is 1. The number of amides is 1. The van der Waals surface area contributed by atoms with E-state index in [2.05, 4.69) is 5.32 Å². The van der Waals surface area contributed by atoms with Gasteiger partial charge in [0.2, 0.25) is 5.91 Å². The second-order valence-electron chi connectivity index (χ2n) is 7.23. The molecule has 1 amide bonds. The number of carbonyl (C=O) groups is 1. The quantitative estimate of drug-likeness (QED) is 0.453. The zero-order valence-electron chi connectivity index (χ0n) is 18.1. The maximum absolute atomic E-state index is 13.5. The van der Waals surface area contributed by atoms with E-state index in [0.29, 0.717) is 6.07 Å². The summed E-state index contributed by atoms with van der Waals surface area (Å²) in [5.41, 5.74) is -0.830. The van der Waals surface area contributed by atoms with E-state index in [1.54, 1.807) is 31.2 Å². The molecule has 0 aromatic heterocycles. The molecule has 0 aliphatic carbocycles. The maximum Gasteiger partial charge on any atom is 0.418 e. The molecule has 0 bridgehead atoms. The largest absolute Gasteiger partial charge is 0.495 e. The van der Waals surface area contributed by atoms with Crippen LogP contribution in [0, 0.1) is 6.92 Å². The lowest BCUT2D eigenvalue weighted by Crippen LogP contribution is -2.38. The number of ether oxygens (including phenoxy) is 1. The fraction of sp³-hybridized carbons (Fsp3) is 0.174. The van der Waals surface area contributed by atoms with E-state index in [4.69, 9.17) is 16.3 Å². The minimum absolute atomic E-state index is 0.0490. The summed E-state index contributed by atoms with van der Waals surface area (Å²) in [7, 11) is -2.95. The average molecular weight is 513 g/mol. The van der Waals surface area contributed by atoms with Crippen LogP contribution in [0.4, 0.5) is 24.5 Å². The minimum Gasteiger partial charge on any atom is -0.495 e. The third-order valence-electron chi connectivity index (χ3n) is 4.81. The standard InChI is InChI=1S/C23H20ClF3N2O4S/c1-15-7-10-17(11-8-15)34(31,32)29(20-5-3-4-6-21(20)33-2)14-22(30)28-19-12-9-16(24)13-18(19)23(25,26)27/h3-13H,14H2,1-2H3,(H,28,30). The highest BCUT2D eigenvalue weighted by atomic mass is 35.5. The van der Waals surface area contributed by atoms with Gasteiger partial charge in [-0.25, -0.2) is 8.42 Å². The predicted molar refractivity (Wildman–Crippen MR) is 124 cm³/mol. The molecule has 0 heterocycles. The molecule has 0 saturated carbocycles. The highest BCUT2D eigenvalue weighted by Crippen LogP contribution is 2.37. The molecule has 6 nitrogen and oxygen atoms in total. The van der Waals surface area contributed by atoms with Crippen LogP contribution in [0.1, 0.15) is 11.1 Å². The van der Waals surface area contributed by atoms with E-state index >= 15 is 0 Å². The first-order chi connectivity index (χ1) is 15.9. The summed E-state index contributed by atoms with van der Waals surface area (Å²) in [4.78, 5) is 12.7. The van der Waals surface area contributed by atoms with Crippen molar-refractivity contribution in [1.82, 2.24) is 0 Å². The first-order valence-electron chi connectivity index (χ1n) is 9.82. The SMILES string of the molecule is COc1ccccc1N(CC(=O)Nc1ccc(Cl)cc1C(F)(F)F)S(=O)(=O)c1ccc(C)cc1. The second kappa shape index (κ2) is 9.94. The number of nitrogens with one attached hydrogen (secondary N) is 1. The number of hydrogen-bond donors (Lipinski definition) is 1. The Bertz CT molecular complexity index is 1300. The van der Waals surface area contributed by atoms with Gasteiger partial charge in [-0.05, 0) is 49.4 Å². The average Bonchev–Trinajstić information content (AvgIpc) is 2.78. The molecule has 0 spiro atoms. The Morgan fingerprint density at radius 1 is 1.06 bits per heavy atom. The van der Waals surface area contributed by atoms with Crippen LogP contribution in [0.15, 0.2) is 71.6 Å². The molecule has 0 atom stereocenters. The van der Waals surface area contributed by atoms with Gasteiger partial charge in [-0.15, -0.1) is 0 Å². The normalized spacial score (nSPS) is 11.7. The van der Waals surface area contributed by atoms with E-state index in [0.717, 1.165) is 15.9 Å². The molecule has 3 rings (SSSR count). The number of carbonyl (C=O) groups excluding carboxylic acids is 1. The van der Waals surface area contributed by atoms with Crippen LogP contribution in [0.3, 0.4) is 0 Å². The van der Waals surface area contributed by atoms with Gasteiger partial charge >= 0.3 is 6.18 Å². The Morgan fingerprint density at radius 3 is 2.32 bits per heavy atom. The van der Waals surface area contributed by atoms with Crippen LogP contribution in [-0.4, -0.2) is 28.0 Å². The lowest BCUT2D eigenvalue weighted by atomic mass is 10.1. The maximum atomic E-state index is 13.5. The summed E-state index contributed by atoms with van der Waals surface area (Å²) in [6.45, 7) is 0.975. The highest BCUT2D eigenvalue weighted by Gasteiger charge is 2.35. The van der Waals surface area contributed by atoms with E-state index in [-0.39, 0.29) is 21.4 Å². The predicted octanol–water partition coefficient (Wildman–Crippen LogP) is 5.51. The molecule has 0 fully saturated rings. The van der Waals surface area contributed by atoms with Crippen LogP contribution in [0.25, 0.3) is 0 Å². The van der Waals surface area contributed by atoms with Gasteiger partial charge in [0.15, 0.2) is 0 Å². The van der Waals surface area contributed by atoms with E-state index < -0.39 is 39.9 Å². The Kier molecular flexibility index (Phi) is 7.42. The molecule has 0 saturated heterocycles. The first-order valence-corrected chi connectivity index (χ1v) is 11.6. The van der Waals surface area contributed by atoms with Crippen LogP contribution >= 0.6 is 11.6 Å². The molecule has 0 aliphatic heterocycles. The summed E-state index contributed by atoms with van der Waals surface area (Å²) in [6.07, 6.45) is -4.79. The molecule has 34 heavy (non-hydrogen) atoms. The third kappa shape index (κ3) is 5.63. The molecule has 0 unspecified atom stereocenters. The number of benzene rings is 3. The van der Waals surface area contributed by atoms with Crippen molar-refractivity contribution in [3.63, 3.8) is 0 Å². The zero-order chi connectivity index (χ0) is 25.1. The van der Waals surface area contributed by atoms with Crippen LogP contribution < -0.4 is 14.4 Å². The fourth-order valence-corrected chi connectivity index (χ4v) is 4.76. The lowest BCUT2D eigenvalue weighted by molar-refractivity contribution is -0.137. The Balaban J connectivity index is 2.02. The van der Waals surface area contributed by atoms with Crippen molar-refractivity contribution in [2.75, 3.05) is 23.3 Å². The molecule has 11 heteroatoms. The number of nitrogens with zero attached hydrogens (tertiary/aromatic N) is 1. The summed E-state index contributed by atoms with van der Waals surface area (Å²) in [5, 5.41) is 1.99. The molecule has 0 aliphatic rings. The van der Waals surface area contributed by atoms with Crippen LogP contribution in [0.2, 0.25) is 5.02 Å². The third-order valence-corrected chi connectivity index (χ3v) is 6.82. The van der Waals surface area contributed by atoms with Gasteiger partial charge in [-0.3, -0.25) is 9.10 Å². The minimum atomic E-state index is -4.79. The van der Waals surface area contributed by atoms with Gasteiger partial charge in [0, 0.05) is 5.02 Å².